The van der Waals surface area contributed by atoms with Crippen molar-refractivity contribution in [2.24, 2.45) is 12.8 Å². The normalized spacial score (nSPS) is 17.7. The maximum atomic E-state index is 12.9. The third kappa shape index (κ3) is 2.34. The number of anilines is 1. The lowest BCUT2D eigenvalue weighted by Gasteiger charge is -2.32. The van der Waals surface area contributed by atoms with Crippen LogP contribution < -0.4 is 10.6 Å². The first kappa shape index (κ1) is 13.8. The van der Waals surface area contributed by atoms with Crippen LogP contribution in [0.25, 0.3) is 0 Å². The molecule has 110 valence electrons. The smallest absolute Gasteiger partial charge is 0.261 e. The van der Waals surface area contributed by atoms with Gasteiger partial charge in [-0.2, -0.15) is 5.10 Å². The molecule has 0 spiro atoms. The molecule has 5 nitrogen and oxygen atoms in total. The van der Waals surface area contributed by atoms with Crippen LogP contribution in [0.1, 0.15) is 41.0 Å². The molecule has 1 atom stereocenters. The number of aryl methyl sites for hydroxylation is 2. The van der Waals surface area contributed by atoms with Gasteiger partial charge in [-0.15, -0.1) is 0 Å². The van der Waals surface area contributed by atoms with Crippen molar-refractivity contribution in [1.82, 2.24) is 9.78 Å². The van der Waals surface area contributed by atoms with Gasteiger partial charge in [0.1, 0.15) is 0 Å². The molecule has 5 heteroatoms. The van der Waals surface area contributed by atoms with Crippen LogP contribution in [-0.4, -0.2) is 22.2 Å². The van der Waals surface area contributed by atoms with Crippen molar-refractivity contribution in [3.05, 3.63) is 47.3 Å². The molecule has 2 N–H and O–H groups in total. The van der Waals surface area contributed by atoms with E-state index in [9.17, 15) is 4.79 Å². The molecule has 21 heavy (non-hydrogen) atoms. The number of para-hydroxylation sites is 1. The number of hydrogen-bond acceptors (Lipinski definition) is 3. The average Bonchev–Trinajstić information content (AvgIpc) is 2.88. The first-order valence-electron chi connectivity index (χ1n) is 7.30. The van der Waals surface area contributed by atoms with Gasteiger partial charge >= 0.3 is 0 Å². The van der Waals surface area contributed by atoms with Crippen LogP contribution in [0, 0.1) is 0 Å². The van der Waals surface area contributed by atoms with Crippen LogP contribution in [0.4, 0.5) is 5.69 Å². The molecule has 1 aliphatic rings. The van der Waals surface area contributed by atoms with Crippen molar-refractivity contribution in [3.63, 3.8) is 0 Å². The average molecular weight is 284 g/mol. The Morgan fingerprint density at radius 2 is 2.19 bits per heavy atom. The van der Waals surface area contributed by atoms with E-state index in [0.29, 0.717) is 12.1 Å². The second-order valence-electron chi connectivity index (χ2n) is 5.43. The molecular formula is C16H20N4O. The van der Waals surface area contributed by atoms with Crippen LogP contribution in [0.3, 0.4) is 0 Å². The fourth-order valence-electron chi connectivity index (χ4n) is 2.92. The molecule has 0 aliphatic carbocycles. The van der Waals surface area contributed by atoms with Gasteiger partial charge in [-0.25, -0.2) is 0 Å². The van der Waals surface area contributed by atoms with E-state index in [0.717, 1.165) is 29.8 Å². The molecule has 0 saturated heterocycles. The van der Waals surface area contributed by atoms with Gasteiger partial charge in [0.15, 0.2) is 0 Å². The number of amides is 1. The third-order valence-corrected chi connectivity index (χ3v) is 4.01. The number of fused-ring (bicyclic) bond motifs is 1. The highest BCUT2D eigenvalue weighted by atomic mass is 16.2. The summed E-state index contributed by atoms with van der Waals surface area (Å²) in [6, 6.07) is 7.89. The topological polar surface area (TPSA) is 64.2 Å². The molecule has 2 aromatic rings. The Balaban J connectivity index is 2.01. The van der Waals surface area contributed by atoms with Crippen LogP contribution in [-0.2, 0) is 13.5 Å². The van der Waals surface area contributed by atoms with Crippen molar-refractivity contribution < 1.29 is 4.79 Å². The SMILES string of the molecule is CCc1nn(C)cc1C(=O)N1CCC(N)c2ccccc21. The Morgan fingerprint density at radius 1 is 1.43 bits per heavy atom. The Hall–Kier alpha value is -2.14. The van der Waals surface area contributed by atoms with Gasteiger partial charge in [0.25, 0.3) is 5.91 Å². The number of nitrogens with zero attached hydrogens (tertiary/aromatic N) is 3. The van der Waals surface area contributed by atoms with Crippen LogP contribution in [0.15, 0.2) is 30.5 Å². The van der Waals surface area contributed by atoms with Gasteiger partial charge in [-0.1, -0.05) is 25.1 Å². The van der Waals surface area contributed by atoms with Gasteiger partial charge in [-0.3, -0.25) is 9.48 Å². The van der Waals surface area contributed by atoms with Gasteiger partial charge in [-0.05, 0) is 24.5 Å². The van der Waals surface area contributed by atoms with Gasteiger partial charge < -0.3 is 10.6 Å². The van der Waals surface area contributed by atoms with E-state index >= 15 is 0 Å². The standard InChI is InChI=1S/C16H20N4O/c1-3-14-12(10-19(2)18-14)16(21)20-9-8-13(17)11-6-4-5-7-15(11)20/h4-7,10,13H,3,8-9,17H2,1-2H3. The van der Waals surface area contributed by atoms with E-state index in [1.807, 2.05) is 43.1 Å². The van der Waals surface area contributed by atoms with E-state index in [2.05, 4.69) is 5.10 Å². The monoisotopic (exact) mass is 284 g/mol. The van der Waals surface area contributed by atoms with E-state index in [4.69, 9.17) is 5.73 Å². The second kappa shape index (κ2) is 5.33. The van der Waals surface area contributed by atoms with Crippen molar-refractivity contribution >= 4 is 11.6 Å². The lowest BCUT2D eigenvalue weighted by atomic mass is 9.96. The van der Waals surface area contributed by atoms with Crippen LogP contribution >= 0.6 is 0 Å². The number of nitrogens with two attached hydrogens (primary N) is 1. The summed E-state index contributed by atoms with van der Waals surface area (Å²) in [7, 11) is 1.84. The molecule has 1 aliphatic heterocycles. The Kier molecular flexibility index (Phi) is 3.51. The molecular weight excluding hydrogens is 264 g/mol. The Morgan fingerprint density at radius 3 is 2.95 bits per heavy atom. The number of benzene rings is 1. The summed E-state index contributed by atoms with van der Waals surface area (Å²) >= 11 is 0. The predicted octanol–water partition coefficient (Wildman–Crippen LogP) is 2.03. The molecule has 0 bridgehead atoms. The number of aromatic nitrogens is 2. The van der Waals surface area contributed by atoms with Crippen LogP contribution in [0.5, 0.6) is 0 Å². The minimum Gasteiger partial charge on any atom is -0.324 e. The molecule has 0 radical (unpaired) electrons. The first-order valence-corrected chi connectivity index (χ1v) is 7.30. The minimum absolute atomic E-state index is 0.00444. The molecule has 2 heterocycles. The zero-order chi connectivity index (χ0) is 15.0. The fraction of sp³-hybridized carbons (Fsp3) is 0.375. The number of hydrogen-bond donors (Lipinski definition) is 1. The highest BCUT2D eigenvalue weighted by Gasteiger charge is 2.29. The first-order chi connectivity index (χ1) is 10.1. The maximum absolute atomic E-state index is 12.9. The third-order valence-electron chi connectivity index (χ3n) is 4.01. The summed E-state index contributed by atoms with van der Waals surface area (Å²) in [6.07, 6.45) is 3.33. The Bertz CT molecular complexity index is 677. The van der Waals surface area contributed by atoms with Gasteiger partial charge in [0, 0.05) is 31.5 Å². The van der Waals surface area contributed by atoms with Gasteiger partial charge in [0.05, 0.1) is 11.3 Å². The number of rotatable bonds is 2. The van der Waals surface area contributed by atoms with Gasteiger partial charge in [0.2, 0.25) is 0 Å². The summed E-state index contributed by atoms with van der Waals surface area (Å²) < 4.78 is 1.70. The second-order valence-corrected chi connectivity index (χ2v) is 5.43. The highest BCUT2D eigenvalue weighted by Crippen LogP contribution is 2.33. The fourth-order valence-corrected chi connectivity index (χ4v) is 2.92. The summed E-state index contributed by atoms with van der Waals surface area (Å²) in [5.74, 6) is 0.0132. The molecule has 1 aromatic heterocycles. The number of carbonyl (C=O) groups excluding carboxylic acids is 1. The lowest BCUT2D eigenvalue weighted by Crippen LogP contribution is -2.38. The molecule has 1 unspecified atom stereocenters. The molecule has 3 rings (SSSR count). The largest absolute Gasteiger partial charge is 0.324 e. The van der Waals surface area contributed by atoms with E-state index in [1.54, 1.807) is 10.9 Å². The molecule has 1 aromatic carbocycles. The van der Waals surface area contributed by atoms with Crippen molar-refractivity contribution in [2.45, 2.75) is 25.8 Å². The van der Waals surface area contributed by atoms with Crippen molar-refractivity contribution in [1.29, 1.82) is 0 Å². The molecule has 1 amide bonds. The molecule has 0 fully saturated rings. The highest BCUT2D eigenvalue weighted by molar-refractivity contribution is 6.07. The van der Waals surface area contributed by atoms with Crippen molar-refractivity contribution in [2.75, 3.05) is 11.4 Å². The van der Waals surface area contributed by atoms with E-state index in [1.165, 1.54) is 0 Å². The number of carbonyl (C=O) groups is 1. The zero-order valence-corrected chi connectivity index (χ0v) is 12.4. The lowest BCUT2D eigenvalue weighted by molar-refractivity contribution is 0.0983. The maximum Gasteiger partial charge on any atom is 0.261 e. The van der Waals surface area contributed by atoms with E-state index in [-0.39, 0.29) is 11.9 Å². The zero-order valence-electron chi connectivity index (χ0n) is 12.4. The molecule has 0 saturated carbocycles. The van der Waals surface area contributed by atoms with Crippen LogP contribution in [0.2, 0.25) is 0 Å². The van der Waals surface area contributed by atoms with E-state index < -0.39 is 0 Å². The summed E-state index contributed by atoms with van der Waals surface area (Å²) in [5, 5.41) is 4.36. The quantitative estimate of drug-likeness (QED) is 0.917. The summed E-state index contributed by atoms with van der Waals surface area (Å²) in [4.78, 5) is 14.7. The summed E-state index contributed by atoms with van der Waals surface area (Å²) in [6.45, 7) is 2.66. The predicted molar refractivity (Wildman–Crippen MR) is 82.2 cm³/mol. The Labute approximate surface area is 124 Å². The summed E-state index contributed by atoms with van der Waals surface area (Å²) in [5.41, 5.74) is 9.65. The minimum atomic E-state index is 0.00444. The van der Waals surface area contributed by atoms with Crippen molar-refractivity contribution in [3.8, 4) is 0 Å².